The van der Waals surface area contributed by atoms with Crippen LogP contribution in [0.1, 0.15) is 5.56 Å². The molecule has 1 fully saturated rings. The van der Waals surface area contributed by atoms with Crippen molar-refractivity contribution < 1.29 is 0 Å². The van der Waals surface area contributed by atoms with E-state index in [1.54, 1.807) is 12.1 Å². The predicted octanol–water partition coefficient (Wildman–Crippen LogP) is 3.08. The number of nitrogens with zero attached hydrogens (tertiary/aromatic N) is 3. The van der Waals surface area contributed by atoms with Gasteiger partial charge in [-0.15, -0.1) is 0 Å². The smallest absolute Gasteiger partial charge is 0.173 e. The molecular formula is C18H18N4S. The highest BCUT2D eigenvalue weighted by molar-refractivity contribution is 7.80. The third-order valence-corrected chi connectivity index (χ3v) is 4.31. The highest BCUT2D eigenvalue weighted by Crippen LogP contribution is 2.16. The van der Waals surface area contributed by atoms with Crippen LogP contribution < -0.4 is 10.2 Å². The molecule has 3 rings (SSSR count). The third kappa shape index (κ3) is 3.79. The number of anilines is 2. The third-order valence-electron chi connectivity index (χ3n) is 3.95. The standard InChI is InChI=1S/C18H18N4S/c19-14-15-6-8-16(9-7-15)20-18(23)22-12-10-21(11-13-22)17-4-2-1-3-5-17/h1-9H,10-13H2,(H,20,23). The van der Waals surface area contributed by atoms with Crippen molar-refractivity contribution in [2.75, 3.05) is 36.4 Å². The molecule has 0 unspecified atom stereocenters. The number of nitrogens with one attached hydrogen (secondary N) is 1. The lowest BCUT2D eigenvalue weighted by Crippen LogP contribution is -2.50. The molecule has 1 aliphatic heterocycles. The summed E-state index contributed by atoms with van der Waals surface area (Å²) in [6.07, 6.45) is 0. The number of piperazine rings is 1. The molecule has 23 heavy (non-hydrogen) atoms. The Morgan fingerprint density at radius 2 is 1.61 bits per heavy atom. The summed E-state index contributed by atoms with van der Waals surface area (Å²) in [5.41, 5.74) is 2.83. The van der Waals surface area contributed by atoms with Crippen LogP contribution >= 0.6 is 12.2 Å². The van der Waals surface area contributed by atoms with Gasteiger partial charge in [0.2, 0.25) is 0 Å². The van der Waals surface area contributed by atoms with Gasteiger partial charge in [-0.3, -0.25) is 0 Å². The summed E-state index contributed by atoms with van der Waals surface area (Å²) in [4.78, 5) is 4.56. The Morgan fingerprint density at radius 1 is 0.957 bits per heavy atom. The van der Waals surface area contributed by atoms with Gasteiger partial charge in [-0.25, -0.2) is 0 Å². The van der Waals surface area contributed by atoms with Crippen LogP contribution in [0.25, 0.3) is 0 Å². The summed E-state index contributed by atoms with van der Waals surface area (Å²) in [5, 5.41) is 12.8. The van der Waals surface area contributed by atoms with Crippen LogP contribution in [-0.2, 0) is 0 Å². The monoisotopic (exact) mass is 322 g/mol. The fourth-order valence-electron chi connectivity index (χ4n) is 2.64. The number of nitriles is 1. The van der Waals surface area contributed by atoms with Crippen molar-refractivity contribution in [2.24, 2.45) is 0 Å². The zero-order valence-corrected chi connectivity index (χ0v) is 13.6. The van der Waals surface area contributed by atoms with Gasteiger partial charge in [0.15, 0.2) is 5.11 Å². The van der Waals surface area contributed by atoms with E-state index in [-0.39, 0.29) is 0 Å². The fourth-order valence-corrected chi connectivity index (χ4v) is 2.94. The lowest BCUT2D eigenvalue weighted by atomic mass is 10.2. The molecule has 1 saturated heterocycles. The maximum atomic E-state index is 8.82. The second-order valence-corrected chi connectivity index (χ2v) is 5.82. The minimum absolute atomic E-state index is 0.651. The van der Waals surface area contributed by atoms with E-state index in [0.29, 0.717) is 5.56 Å². The molecule has 0 aromatic heterocycles. The molecule has 0 radical (unpaired) electrons. The van der Waals surface area contributed by atoms with Gasteiger partial charge >= 0.3 is 0 Å². The zero-order chi connectivity index (χ0) is 16.1. The molecule has 116 valence electrons. The van der Waals surface area contributed by atoms with Gasteiger partial charge in [0, 0.05) is 37.6 Å². The van der Waals surface area contributed by atoms with Crippen LogP contribution in [0.3, 0.4) is 0 Å². The van der Waals surface area contributed by atoms with E-state index in [1.165, 1.54) is 5.69 Å². The number of para-hydroxylation sites is 1. The second-order valence-electron chi connectivity index (χ2n) is 5.43. The zero-order valence-electron chi connectivity index (χ0n) is 12.8. The number of hydrogen-bond acceptors (Lipinski definition) is 3. The molecule has 0 atom stereocenters. The second kappa shape index (κ2) is 7.12. The molecule has 1 aliphatic rings. The molecule has 0 saturated carbocycles. The van der Waals surface area contributed by atoms with Gasteiger partial charge in [-0.2, -0.15) is 5.26 Å². The summed E-state index contributed by atoms with van der Waals surface area (Å²) in [7, 11) is 0. The van der Waals surface area contributed by atoms with Gasteiger partial charge in [0.1, 0.15) is 0 Å². The molecule has 4 nitrogen and oxygen atoms in total. The van der Waals surface area contributed by atoms with E-state index in [0.717, 1.165) is 37.0 Å². The van der Waals surface area contributed by atoms with E-state index < -0.39 is 0 Å². The van der Waals surface area contributed by atoms with Crippen molar-refractivity contribution in [1.82, 2.24) is 4.90 Å². The summed E-state index contributed by atoms with van der Waals surface area (Å²) in [5.74, 6) is 0. The lowest BCUT2D eigenvalue weighted by Gasteiger charge is -2.37. The minimum atomic E-state index is 0.651. The van der Waals surface area contributed by atoms with E-state index in [4.69, 9.17) is 17.5 Å². The van der Waals surface area contributed by atoms with Crippen molar-refractivity contribution in [3.63, 3.8) is 0 Å². The van der Waals surface area contributed by atoms with Crippen molar-refractivity contribution in [3.05, 3.63) is 60.2 Å². The molecular weight excluding hydrogens is 304 g/mol. The normalized spacial score (nSPS) is 14.2. The van der Waals surface area contributed by atoms with E-state index in [9.17, 15) is 0 Å². The van der Waals surface area contributed by atoms with Crippen molar-refractivity contribution in [2.45, 2.75) is 0 Å². The number of rotatable bonds is 2. The summed E-state index contributed by atoms with van der Waals surface area (Å²) < 4.78 is 0. The average molecular weight is 322 g/mol. The molecule has 0 aliphatic carbocycles. The van der Waals surface area contributed by atoms with E-state index in [1.807, 2.05) is 18.2 Å². The fraction of sp³-hybridized carbons (Fsp3) is 0.222. The van der Waals surface area contributed by atoms with E-state index in [2.05, 4.69) is 45.5 Å². The Labute approximate surface area is 141 Å². The molecule has 0 bridgehead atoms. The Bertz CT molecular complexity index is 698. The molecule has 5 heteroatoms. The number of benzene rings is 2. The van der Waals surface area contributed by atoms with Crippen LogP contribution in [0.15, 0.2) is 54.6 Å². The molecule has 2 aromatic rings. The summed E-state index contributed by atoms with van der Waals surface area (Å²) in [6, 6.07) is 19.9. The first-order valence-electron chi connectivity index (χ1n) is 7.62. The maximum absolute atomic E-state index is 8.82. The minimum Gasteiger partial charge on any atom is -0.368 e. The highest BCUT2D eigenvalue weighted by Gasteiger charge is 2.19. The SMILES string of the molecule is N#Cc1ccc(NC(=S)N2CCN(c3ccccc3)CC2)cc1. The Balaban J connectivity index is 1.55. The first-order valence-corrected chi connectivity index (χ1v) is 8.03. The van der Waals surface area contributed by atoms with Crippen LogP contribution in [0, 0.1) is 11.3 Å². The molecule has 1 heterocycles. The first kappa shape index (κ1) is 15.3. The van der Waals surface area contributed by atoms with Gasteiger partial charge < -0.3 is 15.1 Å². The molecule has 2 aromatic carbocycles. The Kier molecular flexibility index (Phi) is 4.74. The first-order chi connectivity index (χ1) is 11.3. The average Bonchev–Trinajstić information content (AvgIpc) is 2.63. The van der Waals surface area contributed by atoms with Gasteiger partial charge in [0.25, 0.3) is 0 Å². The maximum Gasteiger partial charge on any atom is 0.173 e. The largest absolute Gasteiger partial charge is 0.368 e. The highest BCUT2D eigenvalue weighted by atomic mass is 32.1. The van der Waals surface area contributed by atoms with Crippen LogP contribution in [0.5, 0.6) is 0 Å². The van der Waals surface area contributed by atoms with Crippen LogP contribution in [-0.4, -0.2) is 36.2 Å². The molecule has 0 amide bonds. The predicted molar refractivity (Wildman–Crippen MR) is 97.6 cm³/mol. The van der Waals surface area contributed by atoms with Crippen molar-refractivity contribution >= 4 is 28.7 Å². The Hall–Kier alpha value is -2.58. The van der Waals surface area contributed by atoms with Crippen molar-refractivity contribution in [3.8, 4) is 6.07 Å². The quantitative estimate of drug-likeness (QED) is 0.861. The van der Waals surface area contributed by atoms with Gasteiger partial charge in [0.05, 0.1) is 11.6 Å². The number of thiocarbonyl (C=S) groups is 1. The topological polar surface area (TPSA) is 42.3 Å². The Morgan fingerprint density at radius 3 is 2.22 bits per heavy atom. The molecule has 1 N–H and O–H groups in total. The van der Waals surface area contributed by atoms with Gasteiger partial charge in [-0.05, 0) is 48.6 Å². The van der Waals surface area contributed by atoms with Crippen molar-refractivity contribution in [1.29, 1.82) is 5.26 Å². The molecule has 0 spiro atoms. The van der Waals surface area contributed by atoms with Crippen LogP contribution in [0.4, 0.5) is 11.4 Å². The summed E-state index contributed by atoms with van der Waals surface area (Å²) in [6.45, 7) is 3.71. The summed E-state index contributed by atoms with van der Waals surface area (Å²) >= 11 is 5.50. The van der Waals surface area contributed by atoms with E-state index >= 15 is 0 Å². The lowest BCUT2D eigenvalue weighted by molar-refractivity contribution is 0.391. The number of hydrogen-bond donors (Lipinski definition) is 1. The van der Waals surface area contributed by atoms with Gasteiger partial charge in [-0.1, -0.05) is 18.2 Å². The van der Waals surface area contributed by atoms with Crippen LogP contribution in [0.2, 0.25) is 0 Å².